The van der Waals surface area contributed by atoms with Crippen molar-refractivity contribution in [1.29, 1.82) is 0 Å². The number of para-hydroxylation sites is 1. The van der Waals surface area contributed by atoms with Gasteiger partial charge in [0.25, 0.3) is 5.91 Å². The molecule has 0 bridgehead atoms. The Kier molecular flexibility index (Phi) is 3.74. The average Bonchev–Trinajstić information content (AvgIpc) is 2.96. The van der Waals surface area contributed by atoms with E-state index >= 15 is 0 Å². The topological polar surface area (TPSA) is 71.3 Å². The van der Waals surface area contributed by atoms with Crippen LogP contribution < -0.4 is 10.2 Å². The Morgan fingerprint density at radius 1 is 1.23 bits per heavy atom. The number of hydrogen-bond acceptors (Lipinski definition) is 5. The van der Waals surface area contributed by atoms with Gasteiger partial charge in [-0.25, -0.2) is 0 Å². The summed E-state index contributed by atoms with van der Waals surface area (Å²) >= 11 is 0. The molecule has 1 amide bonds. The normalized spacial score (nSPS) is 10.6. The highest BCUT2D eigenvalue weighted by Gasteiger charge is 2.10. The molecule has 0 fully saturated rings. The van der Waals surface area contributed by atoms with Crippen LogP contribution in [-0.4, -0.2) is 30.2 Å². The number of carbonyl (C=O) groups excluding carboxylic acids is 1. The SMILES string of the molecule is CNC(=O)c1ccc(N(C)Cc2cc3ccccc3o2)nn1. The number of benzene rings is 1. The molecular weight excluding hydrogens is 280 g/mol. The third kappa shape index (κ3) is 2.76. The molecule has 0 aliphatic rings. The van der Waals surface area contributed by atoms with Crippen LogP contribution in [0.1, 0.15) is 16.2 Å². The predicted molar refractivity (Wildman–Crippen MR) is 83.7 cm³/mol. The van der Waals surface area contributed by atoms with E-state index in [1.54, 1.807) is 19.2 Å². The number of nitrogens with one attached hydrogen (secondary N) is 1. The van der Waals surface area contributed by atoms with E-state index in [2.05, 4.69) is 15.5 Å². The van der Waals surface area contributed by atoms with E-state index in [1.165, 1.54) is 0 Å². The number of rotatable bonds is 4. The molecule has 0 atom stereocenters. The molecule has 0 saturated heterocycles. The second kappa shape index (κ2) is 5.85. The van der Waals surface area contributed by atoms with Gasteiger partial charge in [-0.15, -0.1) is 10.2 Å². The summed E-state index contributed by atoms with van der Waals surface area (Å²) in [7, 11) is 3.46. The Morgan fingerprint density at radius 3 is 2.73 bits per heavy atom. The zero-order valence-corrected chi connectivity index (χ0v) is 12.4. The number of carbonyl (C=O) groups is 1. The second-order valence-electron chi connectivity index (χ2n) is 4.96. The second-order valence-corrected chi connectivity index (χ2v) is 4.96. The Hall–Kier alpha value is -2.89. The zero-order chi connectivity index (χ0) is 15.5. The van der Waals surface area contributed by atoms with Crippen LogP contribution in [0, 0.1) is 0 Å². The first kappa shape index (κ1) is 14.1. The van der Waals surface area contributed by atoms with E-state index in [-0.39, 0.29) is 5.91 Å². The predicted octanol–water partition coefficient (Wildman–Crippen LogP) is 2.22. The molecule has 6 heteroatoms. The minimum absolute atomic E-state index is 0.251. The van der Waals surface area contributed by atoms with Crippen LogP contribution in [0.15, 0.2) is 46.9 Å². The van der Waals surface area contributed by atoms with Gasteiger partial charge in [0.15, 0.2) is 11.5 Å². The number of furan rings is 1. The average molecular weight is 296 g/mol. The highest BCUT2D eigenvalue weighted by atomic mass is 16.3. The van der Waals surface area contributed by atoms with Gasteiger partial charge in [-0.05, 0) is 24.3 Å². The number of hydrogen-bond donors (Lipinski definition) is 1. The van der Waals surface area contributed by atoms with Gasteiger partial charge in [-0.2, -0.15) is 0 Å². The van der Waals surface area contributed by atoms with Crippen LogP contribution in [0.4, 0.5) is 5.82 Å². The minimum Gasteiger partial charge on any atom is -0.459 e. The van der Waals surface area contributed by atoms with E-state index in [0.29, 0.717) is 18.1 Å². The first-order chi connectivity index (χ1) is 10.7. The molecule has 1 aromatic carbocycles. The Bertz CT molecular complexity index is 762. The number of amides is 1. The molecular formula is C16H16N4O2. The van der Waals surface area contributed by atoms with Gasteiger partial charge in [-0.1, -0.05) is 18.2 Å². The molecule has 22 heavy (non-hydrogen) atoms. The molecule has 0 spiro atoms. The number of nitrogens with zero attached hydrogens (tertiary/aromatic N) is 3. The van der Waals surface area contributed by atoms with Gasteiger partial charge >= 0.3 is 0 Å². The van der Waals surface area contributed by atoms with Gasteiger partial charge in [0.05, 0.1) is 6.54 Å². The first-order valence-corrected chi connectivity index (χ1v) is 6.92. The zero-order valence-electron chi connectivity index (χ0n) is 12.4. The van der Waals surface area contributed by atoms with Gasteiger partial charge < -0.3 is 14.6 Å². The van der Waals surface area contributed by atoms with E-state index < -0.39 is 0 Å². The maximum atomic E-state index is 11.4. The van der Waals surface area contributed by atoms with Crippen LogP contribution >= 0.6 is 0 Å². The standard InChI is InChI=1S/C16H16N4O2/c1-17-16(21)13-7-8-15(19-18-13)20(2)10-12-9-11-5-3-4-6-14(11)22-12/h3-9H,10H2,1-2H3,(H,17,21). The molecule has 3 aromatic rings. The van der Waals surface area contributed by atoms with Gasteiger partial charge in [0.2, 0.25) is 0 Å². The van der Waals surface area contributed by atoms with Crippen molar-refractivity contribution in [1.82, 2.24) is 15.5 Å². The highest BCUT2D eigenvalue weighted by molar-refractivity contribution is 5.91. The minimum atomic E-state index is -0.251. The van der Waals surface area contributed by atoms with Crippen molar-refractivity contribution < 1.29 is 9.21 Å². The van der Waals surface area contributed by atoms with Crippen LogP contribution in [-0.2, 0) is 6.54 Å². The highest BCUT2D eigenvalue weighted by Crippen LogP contribution is 2.21. The maximum absolute atomic E-state index is 11.4. The summed E-state index contributed by atoms with van der Waals surface area (Å²) in [6, 6.07) is 13.3. The van der Waals surface area contributed by atoms with Gasteiger partial charge in [-0.3, -0.25) is 4.79 Å². The van der Waals surface area contributed by atoms with Gasteiger partial charge in [0, 0.05) is 19.5 Å². The third-order valence-corrected chi connectivity index (χ3v) is 3.37. The molecule has 2 heterocycles. The molecule has 6 nitrogen and oxygen atoms in total. The van der Waals surface area contributed by atoms with Crippen molar-refractivity contribution in [3.05, 3.63) is 53.9 Å². The number of anilines is 1. The van der Waals surface area contributed by atoms with Crippen molar-refractivity contribution in [2.75, 3.05) is 19.0 Å². The lowest BCUT2D eigenvalue weighted by Crippen LogP contribution is -2.21. The van der Waals surface area contributed by atoms with Crippen LogP contribution in [0.25, 0.3) is 11.0 Å². The lowest BCUT2D eigenvalue weighted by Gasteiger charge is -2.15. The summed E-state index contributed by atoms with van der Waals surface area (Å²) in [4.78, 5) is 13.4. The van der Waals surface area contributed by atoms with E-state index in [0.717, 1.165) is 16.7 Å². The molecule has 0 unspecified atom stereocenters. The lowest BCUT2D eigenvalue weighted by molar-refractivity contribution is 0.0957. The summed E-state index contributed by atoms with van der Waals surface area (Å²) in [5, 5.41) is 11.6. The molecule has 0 saturated carbocycles. The number of fused-ring (bicyclic) bond motifs is 1. The fourth-order valence-electron chi connectivity index (χ4n) is 2.21. The van der Waals surface area contributed by atoms with Crippen molar-refractivity contribution >= 4 is 22.7 Å². The van der Waals surface area contributed by atoms with E-state index in [1.807, 2.05) is 42.3 Å². The molecule has 0 aliphatic carbocycles. The summed E-state index contributed by atoms with van der Waals surface area (Å²) in [6.07, 6.45) is 0. The third-order valence-electron chi connectivity index (χ3n) is 3.37. The van der Waals surface area contributed by atoms with Crippen molar-refractivity contribution in [3.63, 3.8) is 0 Å². The number of aromatic nitrogens is 2. The molecule has 3 rings (SSSR count). The molecule has 0 aliphatic heterocycles. The van der Waals surface area contributed by atoms with Crippen molar-refractivity contribution in [2.45, 2.75) is 6.54 Å². The molecule has 0 radical (unpaired) electrons. The Labute approximate surface area is 127 Å². The summed E-state index contributed by atoms with van der Waals surface area (Å²) in [5.41, 5.74) is 1.16. The van der Waals surface area contributed by atoms with Crippen molar-refractivity contribution in [3.8, 4) is 0 Å². The quantitative estimate of drug-likeness (QED) is 0.799. The molecule has 1 N–H and O–H groups in total. The maximum Gasteiger partial charge on any atom is 0.271 e. The molecule has 2 aromatic heterocycles. The fraction of sp³-hybridized carbons (Fsp3) is 0.188. The van der Waals surface area contributed by atoms with Crippen LogP contribution in [0.5, 0.6) is 0 Å². The smallest absolute Gasteiger partial charge is 0.271 e. The summed E-state index contributed by atoms with van der Waals surface area (Å²) in [6.45, 7) is 0.572. The largest absolute Gasteiger partial charge is 0.459 e. The fourth-order valence-corrected chi connectivity index (χ4v) is 2.21. The summed E-state index contributed by atoms with van der Waals surface area (Å²) < 4.78 is 5.79. The van der Waals surface area contributed by atoms with Crippen LogP contribution in [0.2, 0.25) is 0 Å². The Balaban J connectivity index is 1.76. The summed E-state index contributed by atoms with van der Waals surface area (Å²) in [5.74, 6) is 1.27. The lowest BCUT2D eigenvalue weighted by atomic mass is 10.2. The Morgan fingerprint density at radius 2 is 2.05 bits per heavy atom. The monoisotopic (exact) mass is 296 g/mol. The first-order valence-electron chi connectivity index (χ1n) is 6.92. The molecule has 112 valence electrons. The van der Waals surface area contributed by atoms with Gasteiger partial charge in [0.1, 0.15) is 11.3 Å². The van der Waals surface area contributed by atoms with Crippen molar-refractivity contribution in [2.24, 2.45) is 0 Å². The van der Waals surface area contributed by atoms with Crippen LogP contribution in [0.3, 0.4) is 0 Å². The van der Waals surface area contributed by atoms with E-state index in [4.69, 9.17) is 4.42 Å². The van der Waals surface area contributed by atoms with E-state index in [9.17, 15) is 4.79 Å².